The van der Waals surface area contributed by atoms with Gasteiger partial charge in [-0.05, 0) is 37.7 Å². The molecule has 2 fully saturated rings. The number of aromatic nitrogens is 2. The maximum Gasteiger partial charge on any atom is 0.147 e. The monoisotopic (exact) mass is 400 g/mol. The van der Waals surface area contributed by atoms with Crippen LogP contribution in [0, 0.1) is 0 Å². The fourth-order valence-electron chi connectivity index (χ4n) is 4.08. The van der Waals surface area contributed by atoms with E-state index in [4.69, 9.17) is 11.6 Å². The molecule has 4 rings (SSSR count). The van der Waals surface area contributed by atoms with Crippen molar-refractivity contribution in [3.8, 4) is 0 Å². The Balaban J connectivity index is 1.13. The Morgan fingerprint density at radius 1 is 0.821 bits per heavy atom. The average molecular weight is 401 g/mol. The molecule has 0 atom stereocenters. The van der Waals surface area contributed by atoms with Crippen molar-refractivity contribution >= 4 is 23.1 Å². The van der Waals surface area contributed by atoms with Crippen LogP contribution < -0.4 is 9.80 Å². The van der Waals surface area contributed by atoms with E-state index in [1.807, 2.05) is 18.3 Å². The van der Waals surface area contributed by atoms with Crippen LogP contribution in [0.15, 0.2) is 42.9 Å². The third-order valence-electron chi connectivity index (χ3n) is 5.74. The minimum atomic E-state index is 0.819. The van der Waals surface area contributed by atoms with E-state index in [2.05, 4.69) is 41.7 Å². The maximum absolute atomic E-state index is 6.13. The van der Waals surface area contributed by atoms with Crippen LogP contribution in [0.25, 0.3) is 0 Å². The highest BCUT2D eigenvalue weighted by atomic mass is 35.5. The predicted molar refractivity (Wildman–Crippen MR) is 115 cm³/mol. The highest BCUT2D eigenvalue weighted by Crippen LogP contribution is 2.21. The van der Waals surface area contributed by atoms with Crippen molar-refractivity contribution in [1.82, 2.24) is 19.8 Å². The number of anilines is 2. The fraction of sp³-hybridized carbons (Fsp3) is 0.524. The molecular weight excluding hydrogens is 372 g/mol. The van der Waals surface area contributed by atoms with Gasteiger partial charge in [-0.1, -0.05) is 17.7 Å². The van der Waals surface area contributed by atoms with E-state index in [0.717, 1.165) is 63.2 Å². The molecule has 2 aliphatic heterocycles. The third-order valence-corrected chi connectivity index (χ3v) is 5.98. The molecule has 0 aliphatic carbocycles. The number of benzene rings is 1. The van der Waals surface area contributed by atoms with Gasteiger partial charge < -0.3 is 9.80 Å². The lowest BCUT2D eigenvalue weighted by molar-refractivity contribution is 0.212. The molecule has 0 bridgehead atoms. The summed E-state index contributed by atoms with van der Waals surface area (Å²) >= 11 is 6.13. The summed E-state index contributed by atoms with van der Waals surface area (Å²) in [4.78, 5) is 18.5. The molecule has 0 N–H and O–H groups in total. The van der Waals surface area contributed by atoms with E-state index in [0.29, 0.717) is 0 Å². The van der Waals surface area contributed by atoms with Crippen molar-refractivity contribution in [2.24, 2.45) is 0 Å². The first-order valence-corrected chi connectivity index (χ1v) is 10.6. The van der Waals surface area contributed by atoms with Gasteiger partial charge in [-0.2, -0.15) is 0 Å². The van der Waals surface area contributed by atoms with Crippen LogP contribution in [0.3, 0.4) is 0 Å². The zero-order chi connectivity index (χ0) is 19.2. The van der Waals surface area contributed by atoms with Crippen molar-refractivity contribution in [2.75, 3.05) is 75.2 Å². The van der Waals surface area contributed by atoms with Crippen LogP contribution in [-0.4, -0.2) is 85.2 Å². The van der Waals surface area contributed by atoms with E-state index < -0.39 is 0 Å². The van der Waals surface area contributed by atoms with Gasteiger partial charge in [0.05, 0.1) is 6.20 Å². The van der Waals surface area contributed by atoms with Crippen LogP contribution in [0.2, 0.25) is 5.02 Å². The van der Waals surface area contributed by atoms with Crippen molar-refractivity contribution in [2.45, 2.75) is 6.42 Å². The number of piperazine rings is 2. The molecule has 0 spiro atoms. The van der Waals surface area contributed by atoms with Gasteiger partial charge in [0.1, 0.15) is 5.82 Å². The molecule has 7 heteroatoms. The summed E-state index contributed by atoms with van der Waals surface area (Å²) in [6.45, 7) is 11.1. The maximum atomic E-state index is 6.13. The molecule has 1 aromatic heterocycles. The summed E-state index contributed by atoms with van der Waals surface area (Å²) in [5.41, 5.74) is 1.24. The Labute approximate surface area is 172 Å². The minimum Gasteiger partial charge on any atom is -0.369 e. The Kier molecular flexibility index (Phi) is 6.62. The van der Waals surface area contributed by atoms with Crippen LogP contribution >= 0.6 is 11.6 Å². The first-order chi connectivity index (χ1) is 13.8. The molecule has 28 heavy (non-hydrogen) atoms. The molecule has 0 unspecified atom stereocenters. The van der Waals surface area contributed by atoms with Gasteiger partial charge in [-0.3, -0.25) is 14.8 Å². The Hall–Kier alpha value is -1.89. The second kappa shape index (κ2) is 9.54. The molecular formula is C21H29ClN6. The van der Waals surface area contributed by atoms with E-state index in [1.54, 1.807) is 12.4 Å². The Morgan fingerprint density at radius 3 is 2.11 bits per heavy atom. The van der Waals surface area contributed by atoms with Crippen molar-refractivity contribution in [3.63, 3.8) is 0 Å². The van der Waals surface area contributed by atoms with Crippen molar-refractivity contribution in [1.29, 1.82) is 0 Å². The predicted octanol–water partition coefficient (Wildman–Crippen LogP) is 2.46. The summed E-state index contributed by atoms with van der Waals surface area (Å²) in [5, 5.41) is 0.819. The number of hydrogen-bond acceptors (Lipinski definition) is 6. The summed E-state index contributed by atoms with van der Waals surface area (Å²) in [7, 11) is 0. The van der Waals surface area contributed by atoms with Crippen LogP contribution in [0.5, 0.6) is 0 Å². The number of rotatable bonds is 6. The molecule has 2 saturated heterocycles. The standard InChI is InChI=1S/C21H29ClN6/c22-19-3-1-4-20(17-19)27-13-9-25(10-14-27)7-2-8-26-11-15-28(16-12-26)21-18-23-5-6-24-21/h1,3-6,17-18H,2,7-16H2. The quantitative estimate of drug-likeness (QED) is 0.741. The number of hydrogen-bond donors (Lipinski definition) is 0. The molecule has 0 saturated carbocycles. The van der Waals surface area contributed by atoms with E-state index >= 15 is 0 Å². The van der Waals surface area contributed by atoms with Crippen LogP contribution in [0.4, 0.5) is 11.5 Å². The van der Waals surface area contributed by atoms with Gasteiger partial charge in [-0.25, -0.2) is 4.98 Å². The molecule has 6 nitrogen and oxygen atoms in total. The molecule has 0 radical (unpaired) electrons. The lowest BCUT2D eigenvalue weighted by Crippen LogP contribution is -2.49. The largest absolute Gasteiger partial charge is 0.369 e. The first-order valence-electron chi connectivity index (χ1n) is 10.2. The summed E-state index contributed by atoms with van der Waals surface area (Å²) in [6, 6.07) is 8.20. The summed E-state index contributed by atoms with van der Waals surface area (Å²) in [6.07, 6.45) is 6.60. The smallest absolute Gasteiger partial charge is 0.147 e. The van der Waals surface area contributed by atoms with Crippen molar-refractivity contribution < 1.29 is 0 Å². The van der Waals surface area contributed by atoms with E-state index in [9.17, 15) is 0 Å². The molecule has 2 aliphatic rings. The number of halogens is 1. The highest BCUT2D eigenvalue weighted by molar-refractivity contribution is 6.30. The van der Waals surface area contributed by atoms with Crippen LogP contribution in [0.1, 0.15) is 6.42 Å². The SMILES string of the molecule is Clc1cccc(N2CCN(CCCN3CCN(c4cnccn4)CC3)CC2)c1. The lowest BCUT2D eigenvalue weighted by Gasteiger charge is -2.37. The molecule has 0 amide bonds. The van der Waals surface area contributed by atoms with Gasteiger partial charge in [0.15, 0.2) is 0 Å². The van der Waals surface area contributed by atoms with Gasteiger partial charge in [0.25, 0.3) is 0 Å². The lowest BCUT2D eigenvalue weighted by atomic mass is 10.2. The van der Waals surface area contributed by atoms with Gasteiger partial charge >= 0.3 is 0 Å². The minimum absolute atomic E-state index is 0.819. The second-order valence-corrected chi connectivity index (χ2v) is 7.99. The average Bonchev–Trinajstić information content (AvgIpc) is 2.75. The Morgan fingerprint density at radius 2 is 1.50 bits per heavy atom. The first kappa shape index (κ1) is 19.4. The zero-order valence-electron chi connectivity index (χ0n) is 16.4. The van der Waals surface area contributed by atoms with Crippen LogP contribution in [-0.2, 0) is 0 Å². The van der Waals surface area contributed by atoms with E-state index in [1.165, 1.54) is 25.2 Å². The highest BCUT2D eigenvalue weighted by Gasteiger charge is 2.20. The molecule has 3 heterocycles. The third kappa shape index (κ3) is 5.13. The van der Waals surface area contributed by atoms with Gasteiger partial charge in [0.2, 0.25) is 0 Å². The van der Waals surface area contributed by atoms with Gasteiger partial charge in [0, 0.05) is 75.5 Å². The summed E-state index contributed by atoms with van der Waals surface area (Å²) in [5.74, 6) is 1.000. The Bertz CT molecular complexity index is 727. The fourth-order valence-corrected chi connectivity index (χ4v) is 4.26. The van der Waals surface area contributed by atoms with E-state index in [-0.39, 0.29) is 0 Å². The molecule has 150 valence electrons. The molecule has 1 aromatic carbocycles. The normalized spacial score (nSPS) is 19.2. The topological polar surface area (TPSA) is 38.7 Å². The molecule has 2 aromatic rings. The zero-order valence-corrected chi connectivity index (χ0v) is 17.1. The number of nitrogens with zero attached hydrogens (tertiary/aromatic N) is 6. The van der Waals surface area contributed by atoms with Crippen molar-refractivity contribution in [3.05, 3.63) is 47.9 Å². The summed E-state index contributed by atoms with van der Waals surface area (Å²) < 4.78 is 0. The second-order valence-electron chi connectivity index (χ2n) is 7.55. The van der Waals surface area contributed by atoms with Gasteiger partial charge in [-0.15, -0.1) is 0 Å².